The monoisotopic (exact) mass is 1140 g/mol. The maximum Gasteiger partial charge on any atom is 0.249 e. The molecule has 6 nitrogen and oxygen atoms in total. The summed E-state index contributed by atoms with van der Waals surface area (Å²) in [6.45, 7) is 4.11. The fourth-order valence-corrected chi connectivity index (χ4v) is 12.4. The first-order valence-electron chi connectivity index (χ1n) is 37.6. The maximum absolute atomic E-state index is 12.7. The Balaban J connectivity index is 3.51. The van der Waals surface area contributed by atoms with Gasteiger partial charge in [-0.05, 0) is 38.5 Å². The van der Waals surface area contributed by atoms with E-state index in [0.717, 1.165) is 38.5 Å². The highest BCUT2D eigenvalue weighted by Gasteiger charge is 2.28. The number of aliphatic hydroxyl groups is 4. The van der Waals surface area contributed by atoms with Crippen LogP contribution in [0, 0.1) is 0 Å². The number of hydrogen-bond acceptors (Lipinski definition) is 5. The molecule has 0 aromatic rings. The highest BCUT2D eigenvalue weighted by molar-refractivity contribution is 5.80. The molecular formula is C75H149NO5. The van der Waals surface area contributed by atoms with Gasteiger partial charge in [-0.25, -0.2) is 0 Å². The van der Waals surface area contributed by atoms with E-state index in [4.69, 9.17) is 0 Å². The standard InChI is InChI=1S/C75H149NO5/c1-3-5-7-9-11-13-15-17-19-21-23-25-27-29-31-33-35-36-37-39-41-43-45-47-49-51-53-55-57-59-61-63-65-67-69-73(79)75(81)76-71(70-77)74(80)72(78)68-66-64-62-60-58-56-54-52-50-48-46-44-42-40-38-34-32-30-28-26-24-22-20-18-16-14-12-10-8-6-4-2/h60,62,71-74,77-80H,3-59,61,63-70H2,1-2H3,(H,76,81)/b62-60+. The molecule has 4 unspecified atom stereocenters. The molecule has 0 aromatic carbocycles. The van der Waals surface area contributed by atoms with Gasteiger partial charge in [0.1, 0.15) is 12.2 Å². The number of allylic oxidation sites excluding steroid dienone is 2. The van der Waals surface area contributed by atoms with Gasteiger partial charge in [0.05, 0.1) is 18.8 Å². The number of aliphatic hydroxyl groups excluding tert-OH is 4. The van der Waals surface area contributed by atoms with Crippen LogP contribution in [0.2, 0.25) is 0 Å². The summed E-state index contributed by atoms with van der Waals surface area (Å²) in [6.07, 6.45) is 88.0. The van der Waals surface area contributed by atoms with Crippen molar-refractivity contribution in [3.05, 3.63) is 12.2 Å². The highest BCUT2D eigenvalue weighted by Crippen LogP contribution is 2.20. The van der Waals surface area contributed by atoms with E-state index in [-0.39, 0.29) is 0 Å². The van der Waals surface area contributed by atoms with Gasteiger partial charge in [-0.3, -0.25) is 4.79 Å². The van der Waals surface area contributed by atoms with E-state index < -0.39 is 36.9 Å². The average Bonchev–Trinajstić information content (AvgIpc) is 3.47. The summed E-state index contributed by atoms with van der Waals surface area (Å²) < 4.78 is 0. The van der Waals surface area contributed by atoms with Crippen LogP contribution in [-0.2, 0) is 4.79 Å². The molecule has 0 aliphatic rings. The first-order chi connectivity index (χ1) is 40.0. The Kier molecular flexibility index (Phi) is 69.0. The Morgan fingerprint density at radius 3 is 0.741 bits per heavy atom. The van der Waals surface area contributed by atoms with E-state index in [2.05, 4.69) is 31.3 Å². The summed E-state index contributed by atoms with van der Waals surface area (Å²) in [5.74, 6) is -0.583. The van der Waals surface area contributed by atoms with Crippen molar-refractivity contribution in [3.8, 4) is 0 Å². The van der Waals surface area contributed by atoms with Crippen molar-refractivity contribution in [1.82, 2.24) is 5.32 Å². The topological polar surface area (TPSA) is 110 Å². The van der Waals surface area contributed by atoms with Crippen molar-refractivity contribution >= 4 is 5.91 Å². The lowest BCUT2D eigenvalue weighted by Gasteiger charge is -2.27. The zero-order valence-electron chi connectivity index (χ0n) is 55.3. The summed E-state index contributed by atoms with van der Waals surface area (Å²) in [5, 5.41) is 44.3. The number of rotatable bonds is 71. The van der Waals surface area contributed by atoms with Crippen molar-refractivity contribution in [3.63, 3.8) is 0 Å². The number of hydrogen-bond donors (Lipinski definition) is 5. The lowest BCUT2D eigenvalue weighted by atomic mass is 10.00. The Morgan fingerprint density at radius 2 is 0.506 bits per heavy atom. The first kappa shape index (κ1) is 80.0. The Hall–Kier alpha value is -0.950. The Labute approximate surface area is 508 Å². The van der Waals surface area contributed by atoms with Crippen molar-refractivity contribution in [2.24, 2.45) is 0 Å². The molecule has 484 valence electrons. The summed E-state index contributed by atoms with van der Waals surface area (Å²) >= 11 is 0. The average molecular weight is 1150 g/mol. The first-order valence-corrected chi connectivity index (χ1v) is 37.6. The Morgan fingerprint density at radius 1 is 0.296 bits per heavy atom. The third kappa shape index (κ3) is 63.4. The van der Waals surface area contributed by atoms with Crippen LogP contribution in [-0.4, -0.2) is 57.3 Å². The molecule has 0 bridgehead atoms. The lowest BCUT2D eigenvalue weighted by molar-refractivity contribution is -0.132. The quantitative estimate of drug-likeness (QED) is 0.0308. The van der Waals surface area contributed by atoms with Gasteiger partial charge in [-0.15, -0.1) is 0 Å². The fourth-order valence-electron chi connectivity index (χ4n) is 12.4. The van der Waals surface area contributed by atoms with Gasteiger partial charge >= 0.3 is 0 Å². The summed E-state index contributed by atoms with van der Waals surface area (Å²) in [5.41, 5.74) is 0. The number of nitrogens with one attached hydrogen (secondary N) is 1. The van der Waals surface area contributed by atoms with Crippen molar-refractivity contribution in [2.45, 2.75) is 456 Å². The Bertz CT molecular complexity index is 1200. The molecule has 81 heavy (non-hydrogen) atoms. The van der Waals surface area contributed by atoms with Gasteiger partial charge in [0.2, 0.25) is 5.91 Å². The number of unbranched alkanes of at least 4 members (excludes halogenated alkanes) is 60. The van der Waals surface area contributed by atoms with Gasteiger partial charge in [-0.2, -0.15) is 0 Å². The van der Waals surface area contributed by atoms with Crippen molar-refractivity contribution in [2.75, 3.05) is 6.61 Å². The van der Waals surface area contributed by atoms with Crippen molar-refractivity contribution < 1.29 is 25.2 Å². The molecule has 5 N–H and O–H groups in total. The molecule has 0 fully saturated rings. The van der Waals surface area contributed by atoms with Crippen molar-refractivity contribution in [1.29, 1.82) is 0 Å². The largest absolute Gasteiger partial charge is 0.394 e. The second-order valence-electron chi connectivity index (χ2n) is 26.4. The van der Waals surface area contributed by atoms with E-state index in [9.17, 15) is 25.2 Å². The summed E-state index contributed by atoms with van der Waals surface area (Å²) in [7, 11) is 0. The van der Waals surface area contributed by atoms with Crippen LogP contribution in [0.15, 0.2) is 12.2 Å². The van der Waals surface area contributed by atoms with E-state index >= 15 is 0 Å². The lowest BCUT2D eigenvalue weighted by Crippen LogP contribution is -2.53. The number of carbonyl (C=O) groups excluding carboxylic acids is 1. The number of amides is 1. The molecule has 0 aromatic heterocycles. The van der Waals surface area contributed by atoms with E-state index in [1.54, 1.807) is 0 Å². The van der Waals surface area contributed by atoms with Crippen LogP contribution in [0.3, 0.4) is 0 Å². The van der Waals surface area contributed by atoms with Gasteiger partial charge in [0.25, 0.3) is 0 Å². The molecule has 0 aliphatic heterocycles. The van der Waals surface area contributed by atoms with Gasteiger partial charge in [0.15, 0.2) is 0 Å². The molecule has 0 aliphatic carbocycles. The molecule has 0 spiro atoms. The minimum absolute atomic E-state index is 0.369. The second kappa shape index (κ2) is 69.8. The highest BCUT2D eigenvalue weighted by atomic mass is 16.3. The SMILES string of the molecule is CCCCCCCCCCCCCCCCCCCCCCCCCCCC/C=C/CCCC(O)C(O)C(CO)NC(=O)C(O)CCCCCCCCCCCCCCCCCCCCCCCCCCCCCCCCCCCC. The maximum atomic E-state index is 12.7. The van der Waals surface area contributed by atoms with E-state index in [1.165, 1.54) is 366 Å². The van der Waals surface area contributed by atoms with Crippen LogP contribution in [0.1, 0.15) is 431 Å². The molecule has 0 rings (SSSR count). The molecule has 4 atom stereocenters. The second-order valence-corrected chi connectivity index (χ2v) is 26.4. The van der Waals surface area contributed by atoms with E-state index in [1.807, 2.05) is 0 Å². The van der Waals surface area contributed by atoms with Crippen LogP contribution in [0.25, 0.3) is 0 Å². The summed E-state index contributed by atoms with van der Waals surface area (Å²) in [4.78, 5) is 12.7. The van der Waals surface area contributed by atoms with Crippen LogP contribution >= 0.6 is 0 Å². The third-order valence-electron chi connectivity index (χ3n) is 18.2. The van der Waals surface area contributed by atoms with Gasteiger partial charge in [0, 0.05) is 0 Å². The zero-order chi connectivity index (χ0) is 58.7. The molecule has 0 saturated heterocycles. The zero-order valence-corrected chi connectivity index (χ0v) is 55.3. The molecule has 0 radical (unpaired) electrons. The van der Waals surface area contributed by atoms with Crippen LogP contribution < -0.4 is 5.32 Å². The predicted molar refractivity (Wildman–Crippen MR) is 358 cm³/mol. The third-order valence-corrected chi connectivity index (χ3v) is 18.2. The molecule has 0 heterocycles. The van der Waals surface area contributed by atoms with Gasteiger partial charge in [-0.1, -0.05) is 405 Å². The number of carbonyl (C=O) groups is 1. The normalized spacial score (nSPS) is 13.4. The fraction of sp³-hybridized carbons (Fsp3) is 0.960. The minimum atomic E-state index is -1.28. The van der Waals surface area contributed by atoms with Crippen LogP contribution in [0.4, 0.5) is 0 Å². The van der Waals surface area contributed by atoms with E-state index in [0.29, 0.717) is 12.8 Å². The summed E-state index contributed by atoms with van der Waals surface area (Å²) in [6, 6.07) is -1.00. The smallest absolute Gasteiger partial charge is 0.249 e. The molecule has 6 heteroatoms. The molecule has 0 saturated carbocycles. The molecule has 1 amide bonds. The van der Waals surface area contributed by atoms with Crippen LogP contribution in [0.5, 0.6) is 0 Å². The van der Waals surface area contributed by atoms with Gasteiger partial charge < -0.3 is 25.7 Å². The minimum Gasteiger partial charge on any atom is -0.394 e. The predicted octanol–water partition coefficient (Wildman–Crippen LogP) is 23.5. The molecular weight excluding hydrogens is 995 g/mol.